The lowest BCUT2D eigenvalue weighted by atomic mass is 10.2. The second kappa shape index (κ2) is 6.62. The van der Waals surface area contributed by atoms with Crippen LogP contribution in [0.5, 0.6) is 0 Å². The molecule has 6 nitrogen and oxygen atoms in total. The summed E-state index contributed by atoms with van der Waals surface area (Å²) in [6, 6.07) is 3.75. The van der Waals surface area contributed by atoms with E-state index in [-0.39, 0.29) is 5.03 Å². The number of pyridine rings is 1. The molecular weight excluding hydrogens is 278 g/mol. The largest absolute Gasteiger partial charge is 0.379 e. The molecule has 0 bridgehead atoms. The van der Waals surface area contributed by atoms with Gasteiger partial charge in [0.2, 0.25) is 0 Å². The summed E-state index contributed by atoms with van der Waals surface area (Å²) in [5.74, 6) is 0. The Balaban J connectivity index is 2.08. The van der Waals surface area contributed by atoms with E-state index in [4.69, 9.17) is 4.74 Å². The highest BCUT2D eigenvalue weighted by atomic mass is 32.2. The molecule has 1 N–H and O–H groups in total. The average Bonchev–Trinajstić information content (AvgIpc) is 2.46. The van der Waals surface area contributed by atoms with Gasteiger partial charge in [-0.1, -0.05) is 19.9 Å². The maximum absolute atomic E-state index is 12.4. The number of hydrogen-bond acceptors (Lipinski definition) is 5. The second-order valence-electron chi connectivity index (χ2n) is 5.06. The van der Waals surface area contributed by atoms with Crippen molar-refractivity contribution in [1.29, 1.82) is 0 Å². The molecule has 1 aliphatic rings. The monoisotopic (exact) mass is 299 g/mol. The van der Waals surface area contributed by atoms with Gasteiger partial charge in [0.15, 0.2) is 5.03 Å². The average molecular weight is 299 g/mol. The van der Waals surface area contributed by atoms with Gasteiger partial charge in [0.1, 0.15) is 0 Å². The molecule has 1 aliphatic heterocycles. The summed E-state index contributed by atoms with van der Waals surface area (Å²) in [5.41, 5.74) is 0.972. The van der Waals surface area contributed by atoms with Gasteiger partial charge < -0.3 is 10.1 Å². The van der Waals surface area contributed by atoms with Crippen molar-refractivity contribution in [2.24, 2.45) is 0 Å². The van der Waals surface area contributed by atoms with Gasteiger partial charge in [-0.15, -0.1) is 0 Å². The third kappa shape index (κ3) is 3.76. The SMILES string of the molecule is CC(C)NCc1ccc(S(=O)(=O)N2CCOCC2)nc1. The van der Waals surface area contributed by atoms with Crippen LogP contribution in [0.25, 0.3) is 0 Å². The molecule has 1 aromatic heterocycles. The van der Waals surface area contributed by atoms with Crippen LogP contribution in [0.15, 0.2) is 23.4 Å². The molecule has 2 heterocycles. The zero-order valence-corrected chi connectivity index (χ0v) is 12.7. The number of aromatic nitrogens is 1. The van der Waals surface area contributed by atoms with Crippen molar-refractivity contribution in [3.63, 3.8) is 0 Å². The molecule has 0 spiro atoms. The summed E-state index contributed by atoms with van der Waals surface area (Å²) in [6.07, 6.45) is 1.61. The number of ether oxygens (including phenoxy) is 1. The lowest BCUT2D eigenvalue weighted by Crippen LogP contribution is -2.40. The molecule has 7 heteroatoms. The van der Waals surface area contributed by atoms with Crippen molar-refractivity contribution < 1.29 is 13.2 Å². The van der Waals surface area contributed by atoms with E-state index in [0.29, 0.717) is 38.9 Å². The minimum Gasteiger partial charge on any atom is -0.379 e. The van der Waals surface area contributed by atoms with E-state index in [2.05, 4.69) is 24.1 Å². The number of morpholine rings is 1. The number of nitrogens with one attached hydrogen (secondary N) is 1. The van der Waals surface area contributed by atoms with Crippen molar-refractivity contribution in [2.75, 3.05) is 26.3 Å². The minimum atomic E-state index is -3.49. The smallest absolute Gasteiger partial charge is 0.260 e. The molecule has 0 atom stereocenters. The Morgan fingerprint density at radius 3 is 2.60 bits per heavy atom. The van der Waals surface area contributed by atoms with Gasteiger partial charge in [-0.3, -0.25) is 0 Å². The third-order valence-corrected chi connectivity index (χ3v) is 4.90. The predicted octanol–water partition coefficient (Wildman–Crippen LogP) is 0.600. The highest BCUT2D eigenvalue weighted by Crippen LogP contribution is 2.15. The van der Waals surface area contributed by atoms with Gasteiger partial charge in [-0.05, 0) is 11.6 Å². The van der Waals surface area contributed by atoms with Crippen LogP contribution >= 0.6 is 0 Å². The van der Waals surface area contributed by atoms with Gasteiger partial charge in [0, 0.05) is 31.9 Å². The van der Waals surface area contributed by atoms with Gasteiger partial charge in [0.05, 0.1) is 13.2 Å². The van der Waals surface area contributed by atoms with Gasteiger partial charge in [-0.2, -0.15) is 4.31 Å². The van der Waals surface area contributed by atoms with Crippen LogP contribution in [-0.2, 0) is 21.3 Å². The fraction of sp³-hybridized carbons (Fsp3) is 0.615. The number of rotatable bonds is 5. The van der Waals surface area contributed by atoms with Crippen LogP contribution in [0, 0.1) is 0 Å². The van der Waals surface area contributed by atoms with Crippen LogP contribution < -0.4 is 5.32 Å². The Labute approximate surface area is 120 Å². The van der Waals surface area contributed by atoms with E-state index in [0.717, 1.165) is 5.56 Å². The first-order valence-corrected chi connectivity index (χ1v) is 8.20. The van der Waals surface area contributed by atoms with Crippen molar-refractivity contribution >= 4 is 10.0 Å². The van der Waals surface area contributed by atoms with E-state index in [1.165, 1.54) is 4.31 Å². The van der Waals surface area contributed by atoms with E-state index >= 15 is 0 Å². The standard InChI is InChI=1S/C13H21N3O3S/c1-11(2)14-9-12-3-4-13(15-10-12)20(17,18)16-5-7-19-8-6-16/h3-4,10-11,14H,5-9H2,1-2H3. The van der Waals surface area contributed by atoms with Crippen molar-refractivity contribution in [1.82, 2.24) is 14.6 Å². The normalized spacial score (nSPS) is 17.6. The fourth-order valence-electron chi connectivity index (χ4n) is 1.91. The molecular formula is C13H21N3O3S. The summed E-state index contributed by atoms with van der Waals surface area (Å²) < 4.78 is 31.3. The van der Waals surface area contributed by atoms with Crippen LogP contribution in [0.4, 0.5) is 0 Å². The molecule has 0 saturated carbocycles. The summed E-state index contributed by atoms with van der Waals surface area (Å²) in [7, 11) is -3.49. The number of hydrogen-bond donors (Lipinski definition) is 1. The van der Waals surface area contributed by atoms with Crippen molar-refractivity contribution in [3.05, 3.63) is 23.9 Å². The van der Waals surface area contributed by atoms with E-state index in [1.54, 1.807) is 18.3 Å². The molecule has 1 saturated heterocycles. The highest BCUT2D eigenvalue weighted by molar-refractivity contribution is 7.89. The Kier molecular flexibility index (Phi) is 5.09. The van der Waals surface area contributed by atoms with Crippen LogP contribution in [0.2, 0.25) is 0 Å². The van der Waals surface area contributed by atoms with E-state index in [9.17, 15) is 8.42 Å². The van der Waals surface area contributed by atoms with Crippen LogP contribution in [0.1, 0.15) is 19.4 Å². The Hall–Kier alpha value is -1.02. The Morgan fingerprint density at radius 2 is 2.05 bits per heavy atom. The van der Waals surface area contributed by atoms with Gasteiger partial charge in [0.25, 0.3) is 10.0 Å². The fourth-order valence-corrected chi connectivity index (χ4v) is 3.23. The van der Waals surface area contributed by atoms with E-state index < -0.39 is 10.0 Å². The topological polar surface area (TPSA) is 71.5 Å². The maximum Gasteiger partial charge on any atom is 0.260 e. The van der Waals surface area contributed by atoms with Gasteiger partial charge >= 0.3 is 0 Å². The number of sulfonamides is 1. The first kappa shape index (κ1) is 15.4. The first-order valence-electron chi connectivity index (χ1n) is 6.76. The molecule has 0 aliphatic carbocycles. The quantitative estimate of drug-likeness (QED) is 0.862. The minimum absolute atomic E-state index is 0.104. The third-order valence-electron chi connectivity index (χ3n) is 3.09. The van der Waals surface area contributed by atoms with E-state index in [1.807, 2.05) is 0 Å². The molecule has 20 heavy (non-hydrogen) atoms. The van der Waals surface area contributed by atoms with Crippen molar-refractivity contribution in [2.45, 2.75) is 31.5 Å². The van der Waals surface area contributed by atoms with Gasteiger partial charge in [-0.25, -0.2) is 13.4 Å². The molecule has 0 unspecified atom stereocenters. The van der Waals surface area contributed by atoms with Crippen LogP contribution in [0.3, 0.4) is 0 Å². The predicted molar refractivity (Wildman–Crippen MR) is 75.8 cm³/mol. The Bertz CT molecular complexity index is 522. The Morgan fingerprint density at radius 1 is 1.35 bits per heavy atom. The molecule has 0 aromatic carbocycles. The van der Waals surface area contributed by atoms with Crippen LogP contribution in [-0.4, -0.2) is 50.1 Å². The zero-order valence-electron chi connectivity index (χ0n) is 11.9. The molecule has 2 rings (SSSR count). The molecule has 1 aromatic rings. The number of nitrogens with zero attached hydrogens (tertiary/aromatic N) is 2. The second-order valence-corrected chi connectivity index (χ2v) is 6.94. The molecule has 0 amide bonds. The molecule has 0 radical (unpaired) electrons. The summed E-state index contributed by atoms with van der Waals surface area (Å²) in [4.78, 5) is 4.09. The summed E-state index contributed by atoms with van der Waals surface area (Å²) in [6.45, 7) is 6.46. The first-order chi connectivity index (χ1) is 9.50. The zero-order chi connectivity index (χ0) is 14.6. The lowest BCUT2D eigenvalue weighted by molar-refractivity contribution is 0.0729. The summed E-state index contributed by atoms with van der Waals surface area (Å²) >= 11 is 0. The molecule has 1 fully saturated rings. The molecule has 112 valence electrons. The highest BCUT2D eigenvalue weighted by Gasteiger charge is 2.27. The lowest BCUT2D eigenvalue weighted by Gasteiger charge is -2.25. The van der Waals surface area contributed by atoms with Crippen molar-refractivity contribution in [3.8, 4) is 0 Å². The maximum atomic E-state index is 12.4. The summed E-state index contributed by atoms with van der Waals surface area (Å²) in [5, 5.41) is 3.37.